The second kappa shape index (κ2) is 18.5. The Balaban J connectivity index is 1.16. The van der Waals surface area contributed by atoms with Crippen molar-refractivity contribution in [2.75, 3.05) is 0 Å². The number of hydrogen-bond acceptors (Lipinski definition) is 9. The number of rotatable bonds is 14. The van der Waals surface area contributed by atoms with Crippen LogP contribution >= 0.6 is 0 Å². The van der Waals surface area contributed by atoms with Gasteiger partial charge >= 0.3 is 11.9 Å². The Labute approximate surface area is 373 Å². The zero-order valence-corrected chi connectivity index (χ0v) is 36.9. The van der Waals surface area contributed by atoms with E-state index < -0.39 is 29.2 Å². The first-order valence-electron chi connectivity index (χ1n) is 21.7. The monoisotopic (exact) mass is 849 g/mol. The fourth-order valence-electron chi connectivity index (χ4n) is 7.81. The van der Waals surface area contributed by atoms with Crippen LogP contribution in [0.3, 0.4) is 0 Å². The molecule has 6 aromatic carbocycles. The lowest BCUT2D eigenvalue weighted by molar-refractivity contribution is -0.184. The van der Waals surface area contributed by atoms with Gasteiger partial charge in [-0.05, 0) is 78.4 Å². The summed E-state index contributed by atoms with van der Waals surface area (Å²) in [4.78, 5) is 34.0. The van der Waals surface area contributed by atoms with E-state index in [0.29, 0.717) is 40.3 Å². The molecule has 2 heterocycles. The summed E-state index contributed by atoms with van der Waals surface area (Å²) in [6, 6.07) is 53.8. The predicted octanol–water partition coefficient (Wildman–Crippen LogP) is 11.9. The third kappa shape index (κ3) is 8.64. The van der Waals surface area contributed by atoms with Crippen LogP contribution in [0, 0.1) is 11.3 Å². The van der Waals surface area contributed by atoms with Gasteiger partial charge in [0, 0.05) is 16.9 Å². The average Bonchev–Trinajstić information content (AvgIpc) is 3.80. The zero-order chi connectivity index (χ0) is 44.8. The summed E-state index contributed by atoms with van der Waals surface area (Å²) in [6.45, 7) is 11.0. The Kier molecular flexibility index (Phi) is 12.5. The van der Waals surface area contributed by atoms with Crippen LogP contribution in [0.25, 0.3) is 33.4 Å². The highest BCUT2D eigenvalue weighted by atomic mass is 16.7. The van der Waals surface area contributed by atoms with Crippen LogP contribution in [0.15, 0.2) is 164 Å². The molecule has 0 aliphatic carbocycles. The molecule has 1 unspecified atom stereocenters. The summed E-state index contributed by atoms with van der Waals surface area (Å²) in [5.41, 5.74) is 5.31. The number of nitrogens with zero attached hydrogens (tertiary/aromatic N) is 5. The quantitative estimate of drug-likeness (QED) is 0.0598. The molecule has 8 rings (SSSR count). The molecule has 8 aromatic rings. The van der Waals surface area contributed by atoms with Gasteiger partial charge in [-0.15, -0.1) is 15.0 Å². The number of tetrazole rings is 1. The molecular weight excluding hydrogens is 799 g/mol. The van der Waals surface area contributed by atoms with Crippen LogP contribution in [0.2, 0.25) is 0 Å². The van der Waals surface area contributed by atoms with E-state index in [1.54, 1.807) is 25.6 Å². The van der Waals surface area contributed by atoms with Gasteiger partial charge in [0.2, 0.25) is 12.1 Å². The molecule has 0 aliphatic heterocycles. The lowest BCUT2D eigenvalue weighted by Gasteiger charge is -2.34. The molecule has 0 fully saturated rings. The molecule has 0 N–H and O–H groups in total. The number of ether oxygens (including phenoxy) is 3. The first kappa shape index (κ1) is 43.2. The summed E-state index contributed by atoms with van der Waals surface area (Å²) in [6.07, 6.45) is 0.188. The number of carbonyl (C=O) groups is 2. The van der Waals surface area contributed by atoms with E-state index in [1.165, 1.54) is 0 Å². The van der Waals surface area contributed by atoms with E-state index >= 15 is 0 Å². The molecular formula is C54H51N5O5. The molecule has 0 radical (unpaired) electrons. The molecule has 322 valence electrons. The molecule has 0 saturated heterocycles. The predicted molar refractivity (Wildman–Crippen MR) is 249 cm³/mol. The van der Waals surface area contributed by atoms with Crippen molar-refractivity contribution < 1.29 is 23.8 Å². The second-order valence-corrected chi connectivity index (χ2v) is 17.1. The average molecular weight is 850 g/mol. The van der Waals surface area contributed by atoms with Crippen LogP contribution in [0.5, 0.6) is 11.5 Å². The van der Waals surface area contributed by atoms with Gasteiger partial charge in [0.05, 0.1) is 16.6 Å². The number of pyridine rings is 1. The number of esters is 2. The van der Waals surface area contributed by atoms with Gasteiger partial charge in [0.1, 0.15) is 11.3 Å². The van der Waals surface area contributed by atoms with Crippen LogP contribution in [0.1, 0.15) is 80.7 Å². The highest BCUT2D eigenvalue weighted by molar-refractivity contribution is 6.06. The van der Waals surface area contributed by atoms with Crippen molar-refractivity contribution in [1.29, 1.82) is 0 Å². The van der Waals surface area contributed by atoms with Gasteiger partial charge in [0.25, 0.3) is 0 Å². The van der Waals surface area contributed by atoms with Crippen molar-refractivity contribution in [2.45, 2.75) is 66.2 Å². The summed E-state index contributed by atoms with van der Waals surface area (Å²) >= 11 is 0. The van der Waals surface area contributed by atoms with Crippen molar-refractivity contribution >= 4 is 22.8 Å². The van der Waals surface area contributed by atoms with Crippen molar-refractivity contribution in [3.05, 3.63) is 192 Å². The normalized spacial score (nSPS) is 12.2. The van der Waals surface area contributed by atoms with E-state index in [1.807, 2.05) is 148 Å². The first-order chi connectivity index (χ1) is 31.0. The van der Waals surface area contributed by atoms with Gasteiger partial charge in [-0.3, -0.25) is 4.79 Å². The van der Waals surface area contributed by atoms with Crippen LogP contribution < -0.4 is 4.74 Å². The van der Waals surface area contributed by atoms with Gasteiger partial charge in [0.15, 0.2) is 11.3 Å². The maximum absolute atomic E-state index is 14.3. The molecule has 0 amide bonds. The standard InChI is InChI=1S/C54H51N5O5/c1-7-21-46-48(47(44-30-19-20-31-45(44)55-46)50(60)63-51(36(2)3)64-52(61)53(4,5)6)62-41-34-32-37(33-35-41)42-28-17-18-29-43(42)49-56-58-59(57-49)54(38-22-11-8-12-23-38,39-24-13-9-14-25-39)40-26-15-10-16-27-40/h8-20,22-36,51H,7,21H2,1-6H3. The van der Waals surface area contributed by atoms with Crippen molar-refractivity contribution in [3.8, 4) is 34.0 Å². The summed E-state index contributed by atoms with van der Waals surface area (Å²) in [5, 5.41) is 15.2. The van der Waals surface area contributed by atoms with E-state index in [9.17, 15) is 9.59 Å². The number of carbonyl (C=O) groups excluding carboxylic acids is 2. The SMILES string of the molecule is CCCc1nc2ccccc2c(C(=O)OC(OC(=O)C(C)(C)C)C(C)C)c1Oc1ccc(-c2ccccc2-c2nnn(C(c3ccccc3)(c3ccccc3)c3ccccc3)n2)cc1. The van der Waals surface area contributed by atoms with E-state index in [-0.39, 0.29) is 11.5 Å². The maximum atomic E-state index is 14.3. The molecule has 0 spiro atoms. The maximum Gasteiger partial charge on any atom is 0.345 e. The number of para-hydroxylation sites is 1. The lowest BCUT2D eigenvalue weighted by atomic mass is 9.77. The molecule has 0 bridgehead atoms. The van der Waals surface area contributed by atoms with E-state index in [2.05, 4.69) is 36.4 Å². The third-order valence-corrected chi connectivity index (χ3v) is 11.1. The van der Waals surface area contributed by atoms with Crippen molar-refractivity contribution in [2.24, 2.45) is 11.3 Å². The van der Waals surface area contributed by atoms with E-state index in [4.69, 9.17) is 34.6 Å². The highest BCUT2D eigenvalue weighted by Crippen LogP contribution is 2.41. The van der Waals surface area contributed by atoms with Gasteiger partial charge in [-0.2, -0.15) is 0 Å². The largest absolute Gasteiger partial charge is 0.455 e. The minimum atomic E-state index is -1.12. The fourth-order valence-corrected chi connectivity index (χ4v) is 7.81. The topological polar surface area (TPSA) is 118 Å². The van der Waals surface area contributed by atoms with Crippen molar-refractivity contribution in [3.63, 3.8) is 0 Å². The number of aryl methyl sites for hydroxylation is 1. The van der Waals surface area contributed by atoms with E-state index in [0.717, 1.165) is 39.8 Å². The summed E-state index contributed by atoms with van der Waals surface area (Å²) in [5.74, 6) is -0.200. The molecule has 2 aromatic heterocycles. The highest BCUT2D eigenvalue weighted by Gasteiger charge is 2.41. The second-order valence-electron chi connectivity index (χ2n) is 17.1. The van der Waals surface area contributed by atoms with Gasteiger partial charge in [-0.1, -0.05) is 173 Å². The fraction of sp³-hybridized carbons (Fsp3) is 0.222. The first-order valence-corrected chi connectivity index (χ1v) is 21.7. The Bertz CT molecular complexity index is 2780. The Morgan fingerprint density at radius 2 is 1.20 bits per heavy atom. The smallest absolute Gasteiger partial charge is 0.345 e. The summed E-state index contributed by atoms with van der Waals surface area (Å²) < 4.78 is 18.4. The molecule has 10 nitrogen and oxygen atoms in total. The molecule has 1 atom stereocenters. The summed E-state index contributed by atoms with van der Waals surface area (Å²) in [7, 11) is 0. The van der Waals surface area contributed by atoms with Crippen LogP contribution in [-0.2, 0) is 26.2 Å². The zero-order valence-electron chi connectivity index (χ0n) is 36.9. The molecule has 0 aliphatic rings. The Hall–Kier alpha value is -7.46. The Morgan fingerprint density at radius 1 is 0.656 bits per heavy atom. The minimum Gasteiger partial charge on any atom is -0.455 e. The van der Waals surface area contributed by atoms with Gasteiger partial charge < -0.3 is 14.2 Å². The minimum absolute atomic E-state index is 0.215. The van der Waals surface area contributed by atoms with Crippen LogP contribution in [0.4, 0.5) is 0 Å². The number of benzene rings is 6. The van der Waals surface area contributed by atoms with Gasteiger partial charge in [-0.25, -0.2) is 9.78 Å². The number of aromatic nitrogens is 5. The number of hydrogen-bond donors (Lipinski definition) is 0. The number of fused-ring (bicyclic) bond motifs is 1. The molecule has 0 saturated carbocycles. The molecule has 10 heteroatoms. The third-order valence-electron chi connectivity index (χ3n) is 11.1. The van der Waals surface area contributed by atoms with Crippen LogP contribution in [-0.4, -0.2) is 43.4 Å². The molecule has 64 heavy (non-hydrogen) atoms. The Morgan fingerprint density at radius 3 is 1.77 bits per heavy atom. The lowest BCUT2D eigenvalue weighted by Crippen LogP contribution is -2.39. The van der Waals surface area contributed by atoms with Crippen molar-refractivity contribution in [1.82, 2.24) is 25.2 Å².